The van der Waals surface area contributed by atoms with E-state index in [1.165, 1.54) is 19.3 Å². The number of aliphatic imine (C=N–C) groups is 1. The second-order valence-electron chi connectivity index (χ2n) is 3.06. The Morgan fingerprint density at radius 2 is 2.00 bits per heavy atom. The molecule has 1 rings (SSSR count). The highest BCUT2D eigenvalue weighted by Crippen LogP contribution is 2.24. The van der Waals surface area contributed by atoms with E-state index in [0.29, 0.717) is 0 Å². The lowest BCUT2D eigenvalue weighted by molar-refractivity contribution is -0.122. The highest BCUT2D eigenvalue weighted by molar-refractivity contribution is 5.86. The Hall–Kier alpha value is -0.660. The normalized spacial score (nSPS) is 20.8. The molecule has 1 amide bonds. The fraction of sp³-hybridized carbons (Fsp3) is 0.778. The third-order valence-electron chi connectivity index (χ3n) is 2.21. The smallest absolute Gasteiger partial charge is 0.248 e. The van der Waals surface area contributed by atoms with Crippen LogP contribution >= 0.6 is 0 Å². The number of carbonyl (C=O) groups excluding carboxylic acids is 1. The summed E-state index contributed by atoms with van der Waals surface area (Å²) in [6, 6.07) is 0. The lowest BCUT2D eigenvalue weighted by Crippen LogP contribution is -2.15. The fourth-order valence-electron chi connectivity index (χ4n) is 1.58. The molecular weight excluding hydrogens is 138 g/mol. The molecule has 0 N–H and O–H groups in total. The molecule has 0 bridgehead atoms. The molecule has 0 unspecified atom stereocenters. The molecule has 1 saturated carbocycles. The lowest BCUT2D eigenvalue weighted by atomic mass is 9.89. The molecule has 0 aromatic carbocycles. The minimum atomic E-state index is 0.0900. The van der Waals surface area contributed by atoms with Crippen LogP contribution in [0.15, 0.2) is 4.99 Å². The van der Waals surface area contributed by atoms with E-state index in [4.69, 9.17) is 0 Å². The van der Waals surface area contributed by atoms with Gasteiger partial charge >= 0.3 is 0 Å². The predicted molar refractivity (Wildman–Crippen MR) is 45.7 cm³/mol. The van der Waals surface area contributed by atoms with Gasteiger partial charge in [-0.05, 0) is 19.8 Å². The summed E-state index contributed by atoms with van der Waals surface area (Å²) in [6.45, 7) is 1.79. The third kappa shape index (κ3) is 2.45. The summed E-state index contributed by atoms with van der Waals surface area (Å²) in [5.74, 6) is 0.326. The molecule has 0 aromatic heterocycles. The number of hydrogen-bond acceptors (Lipinski definition) is 1. The van der Waals surface area contributed by atoms with Crippen molar-refractivity contribution in [1.29, 1.82) is 0 Å². The van der Waals surface area contributed by atoms with Crippen LogP contribution in [0.1, 0.15) is 39.0 Å². The monoisotopic (exact) mass is 153 g/mol. The van der Waals surface area contributed by atoms with Gasteiger partial charge in [-0.3, -0.25) is 4.79 Å². The first-order valence-electron chi connectivity index (χ1n) is 4.37. The molecule has 0 heterocycles. The van der Waals surface area contributed by atoms with Crippen molar-refractivity contribution in [2.45, 2.75) is 39.0 Å². The Bertz CT molecular complexity index is 157. The Kier molecular flexibility index (Phi) is 3.27. The first-order valence-corrected chi connectivity index (χ1v) is 4.37. The van der Waals surface area contributed by atoms with Gasteiger partial charge < -0.3 is 0 Å². The lowest BCUT2D eigenvalue weighted by Gasteiger charge is -2.17. The van der Waals surface area contributed by atoms with Crippen molar-refractivity contribution in [3.8, 4) is 0 Å². The van der Waals surface area contributed by atoms with E-state index in [9.17, 15) is 4.79 Å². The molecule has 1 fully saturated rings. The molecule has 11 heavy (non-hydrogen) atoms. The van der Waals surface area contributed by atoms with Crippen LogP contribution < -0.4 is 0 Å². The second-order valence-corrected chi connectivity index (χ2v) is 3.06. The molecule has 62 valence electrons. The van der Waals surface area contributed by atoms with Gasteiger partial charge in [-0.1, -0.05) is 19.3 Å². The number of amides is 1. The van der Waals surface area contributed by atoms with Gasteiger partial charge in [0.15, 0.2) is 0 Å². The summed E-state index contributed by atoms with van der Waals surface area (Å²) in [6.07, 6.45) is 7.40. The maximum Gasteiger partial charge on any atom is 0.248 e. The molecular formula is C9H15NO. The van der Waals surface area contributed by atoms with E-state index in [0.717, 1.165) is 12.8 Å². The van der Waals surface area contributed by atoms with Crippen LogP contribution in [0.5, 0.6) is 0 Å². The zero-order valence-electron chi connectivity index (χ0n) is 7.05. The second kappa shape index (κ2) is 4.27. The Balaban J connectivity index is 2.38. The van der Waals surface area contributed by atoms with Crippen LogP contribution in [-0.4, -0.2) is 12.1 Å². The van der Waals surface area contributed by atoms with Crippen LogP contribution in [0.25, 0.3) is 0 Å². The number of rotatable bonds is 1. The van der Waals surface area contributed by atoms with Gasteiger partial charge in [-0.2, -0.15) is 0 Å². The van der Waals surface area contributed by atoms with E-state index < -0.39 is 0 Å². The highest BCUT2D eigenvalue weighted by Gasteiger charge is 2.19. The van der Waals surface area contributed by atoms with E-state index in [1.807, 2.05) is 0 Å². The van der Waals surface area contributed by atoms with Crippen LogP contribution in [0, 0.1) is 5.92 Å². The predicted octanol–water partition coefficient (Wildman–Crippen LogP) is 2.18. The summed E-state index contributed by atoms with van der Waals surface area (Å²) in [4.78, 5) is 15.0. The maximum atomic E-state index is 11.2. The molecule has 0 aromatic rings. The van der Waals surface area contributed by atoms with Gasteiger partial charge in [0, 0.05) is 12.1 Å². The van der Waals surface area contributed by atoms with Crippen LogP contribution in [0.2, 0.25) is 0 Å². The molecule has 0 radical (unpaired) electrons. The number of carbonyl (C=O) groups is 1. The molecule has 0 aliphatic heterocycles. The van der Waals surface area contributed by atoms with E-state index in [2.05, 4.69) is 4.99 Å². The average molecular weight is 153 g/mol. The van der Waals surface area contributed by atoms with E-state index in [1.54, 1.807) is 13.1 Å². The van der Waals surface area contributed by atoms with E-state index >= 15 is 0 Å². The van der Waals surface area contributed by atoms with E-state index in [-0.39, 0.29) is 11.8 Å². The van der Waals surface area contributed by atoms with Crippen molar-refractivity contribution in [2.24, 2.45) is 10.9 Å². The summed E-state index contributed by atoms with van der Waals surface area (Å²) in [5.41, 5.74) is 0. The highest BCUT2D eigenvalue weighted by atomic mass is 16.1. The Morgan fingerprint density at radius 1 is 1.36 bits per heavy atom. The Morgan fingerprint density at radius 3 is 2.55 bits per heavy atom. The molecule has 1 aliphatic carbocycles. The third-order valence-corrected chi connectivity index (χ3v) is 2.21. The van der Waals surface area contributed by atoms with Crippen molar-refractivity contribution >= 4 is 12.1 Å². The van der Waals surface area contributed by atoms with Crippen LogP contribution in [0.4, 0.5) is 0 Å². The standard InChI is InChI=1S/C9H15NO/c1-2-10-9(11)8-6-4-3-5-7-8/h2,8H,3-7H2,1H3. The zero-order chi connectivity index (χ0) is 8.10. The molecule has 0 saturated heterocycles. The minimum absolute atomic E-state index is 0.0900. The molecule has 0 atom stereocenters. The largest absolute Gasteiger partial charge is 0.272 e. The average Bonchev–Trinajstić information content (AvgIpc) is 2.07. The van der Waals surface area contributed by atoms with Gasteiger partial charge in [0.25, 0.3) is 0 Å². The zero-order valence-corrected chi connectivity index (χ0v) is 7.05. The molecule has 2 nitrogen and oxygen atoms in total. The molecule has 0 spiro atoms. The van der Waals surface area contributed by atoms with Gasteiger partial charge in [0.2, 0.25) is 5.91 Å². The topological polar surface area (TPSA) is 29.4 Å². The molecule has 2 heteroatoms. The fourth-order valence-corrected chi connectivity index (χ4v) is 1.58. The first kappa shape index (κ1) is 8.44. The van der Waals surface area contributed by atoms with Crippen molar-refractivity contribution < 1.29 is 4.79 Å². The SMILES string of the molecule is CC=NC(=O)C1CCCCC1. The Labute approximate surface area is 67.7 Å². The first-order chi connectivity index (χ1) is 5.34. The van der Waals surface area contributed by atoms with Gasteiger partial charge in [-0.15, -0.1) is 0 Å². The van der Waals surface area contributed by atoms with Crippen molar-refractivity contribution in [1.82, 2.24) is 0 Å². The summed E-state index contributed by atoms with van der Waals surface area (Å²) in [7, 11) is 0. The van der Waals surface area contributed by atoms with Crippen molar-refractivity contribution in [3.05, 3.63) is 0 Å². The molecule has 1 aliphatic rings. The number of hydrogen-bond donors (Lipinski definition) is 0. The summed E-state index contributed by atoms with van der Waals surface area (Å²) < 4.78 is 0. The van der Waals surface area contributed by atoms with Crippen LogP contribution in [0.3, 0.4) is 0 Å². The van der Waals surface area contributed by atoms with Gasteiger partial charge in [0.05, 0.1) is 0 Å². The summed E-state index contributed by atoms with van der Waals surface area (Å²) in [5, 5.41) is 0. The van der Waals surface area contributed by atoms with Crippen molar-refractivity contribution in [3.63, 3.8) is 0 Å². The van der Waals surface area contributed by atoms with Crippen molar-refractivity contribution in [2.75, 3.05) is 0 Å². The quantitative estimate of drug-likeness (QED) is 0.531. The number of nitrogens with zero attached hydrogens (tertiary/aromatic N) is 1. The van der Waals surface area contributed by atoms with Gasteiger partial charge in [0.1, 0.15) is 0 Å². The van der Waals surface area contributed by atoms with Gasteiger partial charge in [-0.25, -0.2) is 4.99 Å². The minimum Gasteiger partial charge on any atom is -0.272 e. The van der Waals surface area contributed by atoms with Crippen LogP contribution in [-0.2, 0) is 4.79 Å². The summed E-state index contributed by atoms with van der Waals surface area (Å²) >= 11 is 0. The maximum absolute atomic E-state index is 11.2.